The number of aromatic nitrogens is 1. The van der Waals surface area contributed by atoms with Crippen LogP contribution in [0.2, 0.25) is 10.4 Å². The van der Waals surface area contributed by atoms with E-state index in [1.54, 1.807) is 0 Å². The summed E-state index contributed by atoms with van der Waals surface area (Å²) in [6.45, 7) is 2.19. The van der Waals surface area contributed by atoms with Crippen molar-refractivity contribution in [3.8, 4) is 11.5 Å². The maximum Gasteiger partial charge on any atom is 0.586 e. The van der Waals surface area contributed by atoms with Gasteiger partial charge in [-0.05, 0) is 35.2 Å². The van der Waals surface area contributed by atoms with E-state index in [0.717, 1.165) is 18.2 Å². The first-order valence-corrected chi connectivity index (χ1v) is 12.9. The van der Waals surface area contributed by atoms with E-state index in [1.807, 2.05) is 0 Å². The van der Waals surface area contributed by atoms with E-state index in [2.05, 4.69) is 14.8 Å². The minimum Gasteiger partial charge on any atom is -0.408 e. The summed E-state index contributed by atoms with van der Waals surface area (Å²) in [5.41, 5.74) is -3.52. The second-order valence-electron chi connectivity index (χ2n) is 11.6. The number of rotatable bonds is 8. The number of hydrogen-bond donors (Lipinski definition) is 4. The molecule has 210 valence electrons. The first-order chi connectivity index (χ1) is 19.6. The lowest BCUT2D eigenvalue weighted by Gasteiger charge is -2.39. The van der Waals surface area contributed by atoms with E-state index in [4.69, 9.17) is 47.1 Å². The van der Waals surface area contributed by atoms with Crippen LogP contribution in [0, 0.1) is 5.82 Å². The van der Waals surface area contributed by atoms with Gasteiger partial charge in [-0.3, -0.25) is 4.79 Å². The Balaban J connectivity index is 1.59. The smallest absolute Gasteiger partial charge is 0.408 e. The minimum absolute atomic E-state index is 0.0973. The van der Waals surface area contributed by atoms with E-state index in [-0.39, 0.29) is 34.8 Å². The molecular formula is C26H21B6F3N2O6. The van der Waals surface area contributed by atoms with Gasteiger partial charge in [0, 0.05) is 22.6 Å². The maximum atomic E-state index is 15.6. The van der Waals surface area contributed by atoms with Gasteiger partial charge in [0.2, 0.25) is 5.91 Å². The van der Waals surface area contributed by atoms with Crippen LogP contribution in [0.3, 0.4) is 0 Å². The highest BCUT2D eigenvalue weighted by atomic mass is 19.3. The van der Waals surface area contributed by atoms with Gasteiger partial charge in [-0.1, -0.05) is 30.3 Å². The number of carbonyl (C=O) groups is 1. The van der Waals surface area contributed by atoms with Gasteiger partial charge in [-0.25, -0.2) is 4.39 Å². The molecule has 2 aromatic carbocycles. The van der Waals surface area contributed by atoms with Crippen LogP contribution in [0.25, 0.3) is 10.9 Å². The Hall–Kier alpha value is -2.89. The fourth-order valence-corrected chi connectivity index (χ4v) is 5.61. The minimum atomic E-state index is -3.95. The second-order valence-corrected chi connectivity index (χ2v) is 11.6. The number of aliphatic hydroxyl groups excluding tert-OH is 2. The number of nitrogens with zero attached hydrogens (tertiary/aromatic N) is 1. The lowest BCUT2D eigenvalue weighted by atomic mass is 9.49. The fraction of sp³-hybridized carbons (Fsp3) is 0.423. The number of benzene rings is 2. The topological polar surface area (TPSA) is 113 Å². The Morgan fingerprint density at radius 1 is 1.05 bits per heavy atom. The van der Waals surface area contributed by atoms with Crippen LogP contribution in [0.4, 0.5) is 18.9 Å². The van der Waals surface area contributed by atoms with Crippen molar-refractivity contribution in [2.75, 3.05) is 11.9 Å². The van der Waals surface area contributed by atoms with Crippen molar-refractivity contribution in [2.45, 2.75) is 59.4 Å². The molecule has 0 spiro atoms. The number of fused-ring (bicyclic) bond motifs is 2. The van der Waals surface area contributed by atoms with E-state index in [1.165, 1.54) is 36.6 Å². The molecule has 3 aromatic rings. The number of alkyl halides is 2. The lowest BCUT2D eigenvalue weighted by Crippen LogP contribution is -2.50. The number of hydrogen-bond acceptors (Lipinski definition) is 6. The predicted molar refractivity (Wildman–Crippen MR) is 156 cm³/mol. The molecule has 1 amide bonds. The molecule has 1 atom stereocenters. The van der Waals surface area contributed by atoms with E-state index in [9.17, 15) is 28.9 Å². The summed E-state index contributed by atoms with van der Waals surface area (Å²) in [6, 6.07) is 7.14. The number of carbonyl (C=O) groups excluding carboxylic acids is 1. The Morgan fingerprint density at radius 3 is 2.21 bits per heavy atom. The van der Waals surface area contributed by atoms with Crippen LogP contribution in [0.1, 0.15) is 25.1 Å². The first-order valence-electron chi connectivity index (χ1n) is 12.9. The van der Waals surface area contributed by atoms with Crippen LogP contribution >= 0.6 is 0 Å². The Labute approximate surface area is 253 Å². The number of anilines is 1. The van der Waals surface area contributed by atoms with Gasteiger partial charge in [-0.15, -0.1) is 8.78 Å². The van der Waals surface area contributed by atoms with Crippen molar-refractivity contribution in [3.63, 3.8) is 0 Å². The van der Waals surface area contributed by atoms with E-state index >= 15 is 4.39 Å². The first kappa shape index (κ1) is 31.5. The molecule has 0 saturated heterocycles. The van der Waals surface area contributed by atoms with Crippen molar-refractivity contribution in [1.82, 2.24) is 4.57 Å². The molecular weight excluding hydrogens is 558 g/mol. The largest absolute Gasteiger partial charge is 0.586 e. The summed E-state index contributed by atoms with van der Waals surface area (Å²) < 4.78 is 53.2. The van der Waals surface area contributed by atoms with E-state index < -0.39 is 63.1 Å². The highest BCUT2D eigenvalue weighted by Gasteiger charge is 2.78. The molecule has 12 radical (unpaired) electrons. The molecule has 1 aliphatic carbocycles. The van der Waals surface area contributed by atoms with Crippen molar-refractivity contribution in [2.24, 2.45) is 0 Å². The number of ether oxygens (including phenoxy) is 2. The number of halogens is 3. The fourth-order valence-electron chi connectivity index (χ4n) is 5.61. The molecule has 0 unspecified atom stereocenters. The summed E-state index contributed by atoms with van der Waals surface area (Å²) >= 11 is 0. The van der Waals surface area contributed by atoms with Crippen LogP contribution in [0.5, 0.6) is 11.5 Å². The monoisotopic (exact) mass is 580 g/mol. The lowest BCUT2D eigenvalue weighted by molar-refractivity contribution is -0.286. The molecule has 2 aliphatic rings. The molecule has 1 aromatic heterocycles. The SMILES string of the molecule is [B]C([B])(O)C(C)(C)c1cc2cc(NC(=O)C3(c4ccc5c(c4)OC(F)(F)O5)C([B])([B])C3([B])[B])c(F)cc2n1C[C@@H](O)CO. The predicted octanol–water partition coefficient (Wildman–Crippen LogP) is 0.512. The van der Waals surface area contributed by atoms with Gasteiger partial charge in [0.1, 0.15) is 21.5 Å². The zero-order valence-corrected chi connectivity index (χ0v) is 23.1. The second kappa shape index (κ2) is 9.55. The van der Waals surface area contributed by atoms with Crippen LogP contribution < -0.4 is 14.8 Å². The summed E-state index contributed by atoms with van der Waals surface area (Å²) in [6.07, 6.45) is -5.22. The van der Waals surface area contributed by atoms with Gasteiger partial charge in [-0.2, -0.15) is 0 Å². The third-order valence-corrected chi connectivity index (χ3v) is 8.52. The molecule has 1 aliphatic heterocycles. The number of nitrogens with one attached hydrogen (secondary N) is 1. The molecule has 2 heterocycles. The van der Waals surface area contributed by atoms with Crippen molar-refractivity contribution in [1.29, 1.82) is 0 Å². The Kier molecular flexibility index (Phi) is 7.01. The van der Waals surface area contributed by atoms with E-state index in [0.29, 0.717) is 5.39 Å². The highest BCUT2D eigenvalue weighted by Crippen LogP contribution is 2.83. The zero-order chi connectivity index (χ0) is 32.1. The molecule has 8 nitrogen and oxygen atoms in total. The van der Waals surface area contributed by atoms with Crippen LogP contribution in [0.15, 0.2) is 36.4 Å². The quantitative estimate of drug-likeness (QED) is 0.290. The van der Waals surface area contributed by atoms with Crippen molar-refractivity contribution in [3.05, 3.63) is 53.5 Å². The van der Waals surface area contributed by atoms with Gasteiger partial charge in [0.15, 0.2) is 11.5 Å². The average Bonchev–Trinajstić information content (AvgIpc) is 3.17. The molecule has 0 bridgehead atoms. The molecule has 17 heteroatoms. The van der Waals surface area contributed by atoms with Crippen LogP contribution in [-0.4, -0.2) is 97.3 Å². The zero-order valence-electron chi connectivity index (χ0n) is 23.1. The van der Waals surface area contributed by atoms with Gasteiger partial charge in [0.25, 0.3) is 0 Å². The number of amides is 1. The molecule has 43 heavy (non-hydrogen) atoms. The standard InChI is InChI=1S/C26H21B6F3N2O6/c1-21(2,25(31,32)41)19-6-11-5-15(14(33)8-16(11)37(19)9-13(39)10-38)36-20(40)22(23(27,28)24(22,29)30)12-3-4-17-18(7-12)43-26(34,35)42-17/h3-8,13,38-39,41H,9-10H2,1-2H3,(H,36,40)/t13-/m1/s1. The molecule has 1 fully saturated rings. The molecule has 5 rings (SSSR count). The average molecular weight is 579 g/mol. The maximum absolute atomic E-state index is 15.6. The summed E-state index contributed by atoms with van der Waals surface area (Å²) in [5, 5.41) is 26.2. The summed E-state index contributed by atoms with van der Waals surface area (Å²) in [7, 11) is 36.3. The van der Waals surface area contributed by atoms with Crippen molar-refractivity contribution < 1.29 is 42.8 Å². The molecule has 1 saturated carbocycles. The van der Waals surface area contributed by atoms with Crippen molar-refractivity contribution >= 4 is 69.6 Å². The Morgan fingerprint density at radius 2 is 1.65 bits per heavy atom. The van der Waals surface area contributed by atoms with Gasteiger partial charge >= 0.3 is 6.29 Å². The third kappa shape index (κ3) is 4.44. The van der Waals surface area contributed by atoms with Gasteiger partial charge < -0.3 is 34.7 Å². The molecule has 4 N–H and O–H groups in total. The summed E-state index contributed by atoms with van der Waals surface area (Å²) in [5.74, 6) is -2.76. The third-order valence-electron chi connectivity index (χ3n) is 8.52. The normalized spacial score (nSPS) is 20.1. The summed E-state index contributed by atoms with van der Waals surface area (Å²) in [4.78, 5) is 13.8. The highest BCUT2D eigenvalue weighted by molar-refractivity contribution is 6.65. The van der Waals surface area contributed by atoms with Crippen LogP contribution in [-0.2, 0) is 22.2 Å². The number of aliphatic hydroxyl groups is 3. The van der Waals surface area contributed by atoms with Gasteiger partial charge in [0.05, 0.1) is 67.3 Å². The Bertz CT molecular complexity index is 1630.